The van der Waals surface area contributed by atoms with Gasteiger partial charge in [0.1, 0.15) is 0 Å². The molecule has 1 heterocycles. The van der Waals surface area contributed by atoms with E-state index < -0.39 is 0 Å². The van der Waals surface area contributed by atoms with Gasteiger partial charge in [-0.3, -0.25) is 0 Å². The molecule has 0 bridgehead atoms. The molecular weight excluding hydrogens is 343 g/mol. The fourth-order valence-corrected chi connectivity index (χ4v) is 2.51. The molecule has 114 valence electrons. The maximum absolute atomic E-state index is 6.08. The lowest BCUT2D eigenvalue weighted by atomic mass is 10.2. The van der Waals surface area contributed by atoms with Gasteiger partial charge in [-0.25, -0.2) is 0 Å². The van der Waals surface area contributed by atoms with Crippen molar-refractivity contribution in [2.45, 2.75) is 6.54 Å². The van der Waals surface area contributed by atoms with Crippen LogP contribution in [0.4, 0.5) is 5.69 Å². The van der Waals surface area contributed by atoms with Crippen molar-refractivity contribution in [3.63, 3.8) is 0 Å². The van der Waals surface area contributed by atoms with Crippen molar-refractivity contribution >= 4 is 46.2 Å². The SMILES string of the molecule is S=C(NCc1ccc2c(c1)OCO2)Nc1cc(Cl)ccc1Cl. The van der Waals surface area contributed by atoms with Gasteiger partial charge in [-0.15, -0.1) is 0 Å². The Morgan fingerprint density at radius 2 is 1.91 bits per heavy atom. The van der Waals surface area contributed by atoms with Crippen LogP contribution in [-0.2, 0) is 6.54 Å². The van der Waals surface area contributed by atoms with Gasteiger partial charge in [-0.05, 0) is 48.1 Å². The molecule has 0 unspecified atom stereocenters. The van der Waals surface area contributed by atoms with Crippen molar-refractivity contribution < 1.29 is 9.47 Å². The molecule has 0 atom stereocenters. The predicted octanol–water partition coefficient (Wildman–Crippen LogP) is 4.21. The number of benzene rings is 2. The number of ether oxygens (including phenoxy) is 2. The fourth-order valence-electron chi connectivity index (χ4n) is 1.99. The van der Waals surface area contributed by atoms with Crippen molar-refractivity contribution in [1.29, 1.82) is 0 Å². The first-order valence-electron chi connectivity index (χ1n) is 6.50. The van der Waals surface area contributed by atoms with Crippen LogP contribution < -0.4 is 20.1 Å². The summed E-state index contributed by atoms with van der Waals surface area (Å²) in [5, 5.41) is 7.73. The number of fused-ring (bicyclic) bond motifs is 1. The van der Waals surface area contributed by atoms with E-state index in [1.165, 1.54) is 0 Å². The second-order valence-corrected chi connectivity index (χ2v) is 5.87. The van der Waals surface area contributed by atoms with E-state index in [4.69, 9.17) is 44.9 Å². The predicted molar refractivity (Wildman–Crippen MR) is 92.1 cm³/mol. The number of hydrogen-bond acceptors (Lipinski definition) is 3. The molecule has 3 rings (SSSR count). The molecule has 0 spiro atoms. The average molecular weight is 355 g/mol. The highest BCUT2D eigenvalue weighted by molar-refractivity contribution is 7.80. The highest BCUT2D eigenvalue weighted by atomic mass is 35.5. The molecule has 0 saturated carbocycles. The van der Waals surface area contributed by atoms with Crippen LogP contribution in [0.3, 0.4) is 0 Å². The van der Waals surface area contributed by atoms with Gasteiger partial charge in [0.25, 0.3) is 0 Å². The molecule has 7 heteroatoms. The molecular formula is C15H12Cl2N2O2S. The number of anilines is 1. The van der Waals surface area contributed by atoms with Gasteiger partial charge >= 0.3 is 0 Å². The Labute approximate surface area is 143 Å². The molecule has 0 amide bonds. The zero-order valence-electron chi connectivity index (χ0n) is 11.4. The van der Waals surface area contributed by atoms with Gasteiger partial charge in [0.2, 0.25) is 6.79 Å². The molecule has 0 fully saturated rings. The highest BCUT2D eigenvalue weighted by Crippen LogP contribution is 2.32. The summed E-state index contributed by atoms with van der Waals surface area (Å²) >= 11 is 17.3. The summed E-state index contributed by atoms with van der Waals surface area (Å²) in [6.45, 7) is 0.820. The van der Waals surface area contributed by atoms with Crippen LogP contribution in [0.25, 0.3) is 0 Å². The molecule has 1 aliphatic heterocycles. The third kappa shape index (κ3) is 3.55. The Bertz CT molecular complexity index is 725. The molecule has 22 heavy (non-hydrogen) atoms. The quantitative estimate of drug-likeness (QED) is 0.808. The summed E-state index contributed by atoms with van der Waals surface area (Å²) in [6, 6.07) is 10.9. The third-order valence-corrected chi connectivity index (χ3v) is 3.88. The van der Waals surface area contributed by atoms with Crippen molar-refractivity contribution in [3.8, 4) is 11.5 Å². The number of hydrogen-bond donors (Lipinski definition) is 2. The van der Waals surface area contributed by atoms with Crippen molar-refractivity contribution in [1.82, 2.24) is 5.32 Å². The molecule has 2 aromatic carbocycles. The summed E-state index contributed by atoms with van der Waals surface area (Å²) in [7, 11) is 0. The zero-order chi connectivity index (χ0) is 15.5. The van der Waals surface area contributed by atoms with Crippen LogP contribution in [0.1, 0.15) is 5.56 Å². The minimum Gasteiger partial charge on any atom is -0.454 e. The van der Waals surface area contributed by atoms with E-state index in [0.29, 0.717) is 27.4 Å². The van der Waals surface area contributed by atoms with Crippen LogP contribution in [0.5, 0.6) is 11.5 Å². The van der Waals surface area contributed by atoms with E-state index in [1.807, 2.05) is 18.2 Å². The highest BCUT2D eigenvalue weighted by Gasteiger charge is 2.13. The molecule has 0 aromatic heterocycles. The van der Waals surface area contributed by atoms with Gasteiger partial charge < -0.3 is 20.1 Å². The van der Waals surface area contributed by atoms with Gasteiger partial charge in [0.15, 0.2) is 16.6 Å². The lowest BCUT2D eigenvalue weighted by Crippen LogP contribution is -2.28. The van der Waals surface area contributed by atoms with Crippen molar-refractivity contribution in [3.05, 3.63) is 52.0 Å². The van der Waals surface area contributed by atoms with Crippen molar-refractivity contribution in [2.24, 2.45) is 0 Å². The van der Waals surface area contributed by atoms with Crippen LogP contribution in [0.2, 0.25) is 10.0 Å². The monoisotopic (exact) mass is 354 g/mol. The second kappa shape index (κ2) is 6.60. The first-order valence-corrected chi connectivity index (χ1v) is 7.67. The second-order valence-electron chi connectivity index (χ2n) is 4.62. The topological polar surface area (TPSA) is 42.5 Å². The van der Waals surface area contributed by atoms with Crippen molar-refractivity contribution in [2.75, 3.05) is 12.1 Å². The summed E-state index contributed by atoms with van der Waals surface area (Å²) in [5.41, 5.74) is 1.70. The first kappa shape index (κ1) is 15.2. The maximum Gasteiger partial charge on any atom is 0.231 e. The number of thiocarbonyl (C=S) groups is 1. The summed E-state index contributed by atoms with van der Waals surface area (Å²) < 4.78 is 10.6. The third-order valence-electron chi connectivity index (χ3n) is 3.07. The van der Waals surface area contributed by atoms with E-state index >= 15 is 0 Å². The van der Waals surface area contributed by atoms with Gasteiger partial charge in [0.05, 0.1) is 10.7 Å². The molecule has 4 nitrogen and oxygen atoms in total. The zero-order valence-corrected chi connectivity index (χ0v) is 13.7. The smallest absolute Gasteiger partial charge is 0.231 e. The van der Waals surface area contributed by atoms with Crippen LogP contribution in [0, 0.1) is 0 Å². The fraction of sp³-hybridized carbons (Fsp3) is 0.133. The first-order chi connectivity index (χ1) is 10.6. The standard InChI is InChI=1S/C15H12Cl2N2O2S/c16-10-2-3-11(17)12(6-10)19-15(22)18-7-9-1-4-13-14(5-9)21-8-20-13/h1-6H,7-8H2,(H2,18,19,22). The summed E-state index contributed by atoms with van der Waals surface area (Å²) in [5.74, 6) is 1.51. The average Bonchev–Trinajstić information content (AvgIpc) is 2.96. The van der Waals surface area contributed by atoms with E-state index in [-0.39, 0.29) is 6.79 Å². The molecule has 1 aliphatic rings. The molecule has 2 N–H and O–H groups in total. The minimum absolute atomic E-state index is 0.263. The number of nitrogens with one attached hydrogen (secondary N) is 2. The Morgan fingerprint density at radius 3 is 2.77 bits per heavy atom. The minimum atomic E-state index is 0.263. The number of rotatable bonds is 3. The van der Waals surface area contributed by atoms with Crippen LogP contribution in [0.15, 0.2) is 36.4 Å². The van der Waals surface area contributed by atoms with E-state index in [2.05, 4.69) is 10.6 Å². The lowest BCUT2D eigenvalue weighted by molar-refractivity contribution is 0.174. The Kier molecular flexibility index (Phi) is 4.57. The largest absolute Gasteiger partial charge is 0.454 e. The Hall–Kier alpha value is -1.69. The number of halogens is 2. The summed E-state index contributed by atoms with van der Waals surface area (Å²) in [4.78, 5) is 0. The van der Waals surface area contributed by atoms with Crippen LogP contribution in [-0.4, -0.2) is 11.9 Å². The molecule has 0 aliphatic carbocycles. The Balaban J connectivity index is 1.59. The van der Waals surface area contributed by atoms with Gasteiger partial charge in [-0.1, -0.05) is 29.3 Å². The molecule has 0 radical (unpaired) electrons. The molecule has 2 aromatic rings. The normalized spacial score (nSPS) is 12.1. The van der Waals surface area contributed by atoms with E-state index in [1.54, 1.807) is 18.2 Å². The molecule has 0 saturated heterocycles. The summed E-state index contributed by atoms with van der Waals surface area (Å²) in [6.07, 6.45) is 0. The lowest BCUT2D eigenvalue weighted by Gasteiger charge is -2.12. The van der Waals surface area contributed by atoms with Gasteiger partial charge in [-0.2, -0.15) is 0 Å². The van der Waals surface area contributed by atoms with Crippen LogP contribution >= 0.6 is 35.4 Å². The van der Waals surface area contributed by atoms with E-state index in [0.717, 1.165) is 17.1 Å². The Morgan fingerprint density at radius 1 is 1.09 bits per heavy atom. The van der Waals surface area contributed by atoms with E-state index in [9.17, 15) is 0 Å². The van der Waals surface area contributed by atoms with Gasteiger partial charge in [0, 0.05) is 11.6 Å². The maximum atomic E-state index is 6.08.